The third-order valence-electron chi connectivity index (χ3n) is 4.36. The van der Waals surface area contributed by atoms with E-state index >= 15 is 0 Å². The first-order valence-corrected chi connectivity index (χ1v) is 7.67. The number of rotatable bonds is 6. The van der Waals surface area contributed by atoms with Crippen molar-refractivity contribution in [3.63, 3.8) is 0 Å². The zero-order valence-electron chi connectivity index (χ0n) is 12.7. The van der Waals surface area contributed by atoms with Gasteiger partial charge in [-0.2, -0.15) is 0 Å². The third-order valence-corrected chi connectivity index (χ3v) is 4.36. The Morgan fingerprint density at radius 2 is 1.76 bits per heavy atom. The lowest BCUT2D eigenvalue weighted by molar-refractivity contribution is 0.243. The molecule has 1 saturated carbocycles. The lowest BCUT2D eigenvalue weighted by Crippen LogP contribution is -2.41. The fourth-order valence-electron chi connectivity index (χ4n) is 2.99. The molecule has 0 spiro atoms. The van der Waals surface area contributed by atoms with Crippen molar-refractivity contribution in [1.82, 2.24) is 5.32 Å². The summed E-state index contributed by atoms with van der Waals surface area (Å²) in [6, 6.07) is 0. The minimum absolute atomic E-state index is 0.270. The summed E-state index contributed by atoms with van der Waals surface area (Å²) in [6.45, 7) is 12.8. The minimum Gasteiger partial charge on any atom is -0.312 e. The van der Waals surface area contributed by atoms with Gasteiger partial charge < -0.3 is 5.32 Å². The van der Waals surface area contributed by atoms with Gasteiger partial charge in [0.05, 0.1) is 0 Å². The molecule has 1 fully saturated rings. The Bertz CT molecular complexity index is 198. The minimum atomic E-state index is 0.270. The largest absolute Gasteiger partial charge is 0.312 e. The Labute approximate surface area is 109 Å². The van der Waals surface area contributed by atoms with Crippen LogP contribution in [-0.4, -0.2) is 12.1 Å². The molecule has 1 aliphatic rings. The van der Waals surface area contributed by atoms with Gasteiger partial charge in [-0.1, -0.05) is 46.0 Å². The highest BCUT2D eigenvalue weighted by Gasteiger charge is 2.26. The van der Waals surface area contributed by atoms with Gasteiger partial charge in [-0.25, -0.2) is 0 Å². The van der Waals surface area contributed by atoms with Crippen molar-refractivity contribution < 1.29 is 0 Å². The molecule has 0 aromatic rings. The Balaban J connectivity index is 2.46. The van der Waals surface area contributed by atoms with Gasteiger partial charge in [-0.05, 0) is 51.5 Å². The van der Waals surface area contributed by atoms with Crippen molar-refractivity contribution in [3.8, 4) is 0 Å². The molecule has 2 unspecified atom stereocenters. The molecule has 0 aromatic heterocycles. The van der Waals surface area contributed by atoms with Gasteiger partial charge in [-0.3, -0.25) is 0 Å². The van der Waals surface area contributed by atoms with Crippen molar-refractivity contribution >= 4 is 0 Å². The molecule has 0 bridgehead atoms. The summed E-state index contributed by atoms with van der Waals surface area (Å²) in [5.41, 5.74) is 0.270. The SMILES string of the molecule is CCC(C)CC(CNC(C)(C)C)C1CCCC1. The first-order valence-electron chi connectivity index (χ1n) is 7.67. The summed E-state index contributed by atoms with van der Waals surface area (Å²) in [5, 5.41) is 3.73. The molecular formula is C16H33N. The van der Waals surface area contributed by atoms with Crippen molar-refractivity contribution in [2.75, 3.05) is 6.54 Å². The second kappa shape index (κ2) is 6.78. The lowest BCUT2D eigenvalue weighted by Gasteiger charge is -2.30. The van der Waals surface area contributed by atoms with Crippen LogP contribution >= 0.6 is 0 Å². The maximum Gasteiger partial charge on any atom is 0.00966 e. The molecule has 1 nitrogen and oxygen atoms in total. The van der Waals surface area contributed by atoms with E-state index in [1.807, 2.05) is 0 Å². The molecule has 0 amide bonds. The molecule has 1 N–H and O–H groups in total. The zero-order chi connectivity index (χ0) is 12.9. The average Bonchev–Trinajstić information content (AvgIpc) is 2.75. The molecule has 1 heteroatoms. The van der Waals surface area contributed by atoms with E-state index in [1.165, 1.54) is 45.1 Å². The number of hydrogen-bond acceptors (Lipinski definition) is 1. The van der Waals surface area contributed by atoms with Crippen LogP contribution in [0.2, 0.25) is 0 Å². The van der Waals surface area contributed by atoms with Crippen LogP contribution in [0.4, 0.5) is 0 Å². The molecule has 0 radical (unpaired) electrons. The Kier molecular flexibility index (Phi) is 5.99. The molecule has 0 aliphatic heterocycles. The number of hydrogen-bond donors (Lipinski definition) is 1. The van der Waals surface area contributed by atoms with Gasteiger partial charge in [-0.15, -0.1) is 0 Å². The molecule has 17 heavy (non-hydrogen) atoms. The van der Waals surface area contributed by atoms with Gasteiger partial charge in [0, 0.05) is 5.54 Å². The average molecular weight is 239 g/mol. The zero-order valence-corrected chi connectivity index (χ0v) is 12.7. The summed E-state index contributed by atoms with van der Waals surface area (Å²) in [7, 11) is 0. The Morgan fingerprint density at radius 1 is 1.18 bits per heavy atom. The third kappa shape index (κ3) is 5.90. The second-order valence-corrected chi connectivity index (χ2v) is 7.18. The van der Waals surface area contributed by atoms with Crippen molar-refractivity contribution in [2.45, 2.75) is 78.7 Å². The van der Waals surface area contributed by atoms with Crippen LogP contribution in [-0.2, 0) is 0 Å². The Hall–Kier alpha value is -0.0400. The van der Waals surface area contributed by atoms with Gasteiger partial charge in [0.15, 0.2) is 0 Å². The van der Waals surface area contributed by atoms with Gasteiger partial charge in [0.1, 0.15) is 0 Å². The normalized spacial score (nSPS) is 21.7. The van der Waals surface area contributed by atoms with E-state index < -0.39 is 0 Å². The summed E-state index contributed by atoms with van der Waals surface area (Å²) < 4.78 is 0. The standard InChI is InChI=1S/C16H33N/c1-6-13(2)11-15(12-17-16(3,4)5)14-9-7-8-10-14/h13-15,17H,6-12H2,1-5H3. The highest BCUT2D eigenvalue weighted by atomic mass is 14.9. The monoisotopic (exact) mass is 239 g/mol. The smallest absolute Gasteiger partial charge is 0.00966 e. The molecule has 0 heterocycles. The van der Waals surface area contributed by atoms with Gasteiger partial charge in [0.2, 0.25) is 0 Å². The summed E-state index contributed by atoms with van der Waals surface area (Å²) >= 11 is 0. The predicted molar refractivity (Wildman–Crippen MR) is 77.3 cm³/mol. The van der Waals surface area contributed by atoms with Gasteiger partial charge >= 0.3 is 0 Å². The quantitative estimate of drug-likeness (QED) is 0.713. The molecule has 1 rings (SSSR count). The van der Waals surface area contributed by atoms with E-state index in [0.717, 1.165) is 17.8 Å². The van der Waals surface area contributed by atoms with Gasteiger partial charge in [0.25, 0.3) is 0 Å². The summed E-state index contributed by atoms with van der Waals surface area (Å²) in [5.74, 6) is 2.80. The first kappa shape index (κ1) is 15.0. The van der Waals surface area contributed by atoms with Crippen molar-refractivity contribution in [1.29, 1.82) is 0 Å². The number of nitrogens with one attached hydrogen (secondary N) is 1. The van der Waals surface area contributed by atoms with Crippen molar-refractivity contribution in [3.05, 3.63) is 0 Å². The fraction of sp³-hybridized carbons (Fsp3) is 1.00. The van der Waals surface area contributed by atoms with E-state index in [4.69, 9.17) is 0 Å². The van der Waals surface area contributed by atoms with Crippen LogP contribution in [0, 0.1) is 17.8 Å². The predicted octanol–water partition coefficient (Wildman–Crippen LogP) is 4.62. The van der Waals surface area contributed by atoms with Crippen LogP contribution in [0.15, 0.2) is 0 Å². The van der Waals surface area contributed by atoms with Crippen LogP contribution < -0.4 is 5.32 Å². The molecule has 2 atom stereocenters. The molecule has 0 saturated heterocycles. The van der Waals surface area contributed by atoms with E-state index in [1.54, 1.807) is 0 Å². The van der Waals surface area contributed by atoms with Crippen LogP contribution in [0.1, 0.15) is 73.1 Å². The highest BCUT2D eigenvalue weighted by Crippen LogP contribution is 2.35. The van der Waals surface area contributed by atoms with Crippen LogP contribution in [0.5, 0.6) is 0 Å². The topological polar surface area (TPSA) is 12.0 Å². The van der Waals surface area contributed by atoms with Crippen LogP contribution in [0.25, 0.3) is 0 Å². The summed E-state index contributed by atoms with van der Waals surface area (Å²) in [4.78, 5) is 0. The molecular weight excluding hydrogens is 206 g/mol. The summed E-state index contributed by atoms with van der Waals surface area (Å²) in [6.07, 6.45) is 8.65. The first-order chi connectivity index (χ1) is 7.92. The van der Waals surface area contributed by atoms with E-state index in [-0.39, 0.29) is 5.54 Å². The van der Waals surface area contributed by atoms with Crippen LogP contribution in [0.3, 0.4) is 0 Å². The van der Waals surface area contributed by atoms with E-state index in [0.29, 0.717) is 0 Å². The fourth-order valence-corrected chi connectivity index (χ4v) is 2.99. The van der Waals surface area contributed by atoms with E-state index in [2.05, 4.69) is 39.9 Å². The van der Waals surface area contributed by atoms with E-state index in [9.17, 15) is 0 Å². The lowest BCUT2D eigenvalue weighted by atomic mass is 9.82. The Morgan fingerprint density at radius 3 is 2.24 bits per heavy atom. The maximum atomic E-state index is 3.73. The molecule has 1 aliphatic carbocycles. The second-order valence-electron chi connectivity index (χ2n) is 7.18. The highest BCUT2D eigenvalue weighted by molar-refractivity contribution is 4.81. The maximum absolute atomic E-state index is 3.73. The van der Waals surface area contributed by atoms with Crippen molar-refractivity contribution in [2.24, 2.45) is 17.8 Å². The molecule has 102 valence electrons. The molecule has 0 aromatic carbocycles.